The van der Waals surface area contributed by atoms with Crippen LogP contribution in [0.4, 0.5) is 13.2 Å². The smallest absolute Gasteiger partial charge is 0.433 e. The first kappa shape index (κ1) is 11.1. The first-order valence-corrected chi connectivity index (χ1v) is 4.18. The highest BCUT2D eigenvalue weighted by Crippen LogP contribution is 2.30. The Kier molecular flexibility index (Phi) is 3.21. The van der Waals surface area contributed by atoms with E-state index in [0.717, 1.165) is 12.3 Å². The van der Waals surface area contributed by atoms with E-state index < -0.39 is 11.9 Å². The third-order valence-electron chi connectivity index (χ3n) is 1.60. The number of pyridine rings is 1. The van der Waals surface area contributed by atoms with Gasteiger partial charge in [-0.1, -0.05) is 0 Å². The van der Waals surface area contributed by atoms with Crippen LogP contribution in [0.2, 0.25) is 0 Å². The van der Waals surface area contributed by atoms with Gasteiger partial charge in [-0.25, -0.2) is 4.98 Å². The van der Waals surface area contributed by atoms with Crippen LogP contribution in [0.5, 0.6) is 5.75 Å². The van der Waals surface area contributed by atoms with Crippen molar-refractivity contribution < 1.29 is 17.9 Å². The first-order valence-electron chi connectivity index (χ1n) is 3.65. The highest BCUT2D eigenvalue weighted by Gasteiger charge is 2.33. The molecule has 0 amide bonds. The molecule has 0 aliphatic heterocycles. The summed E-state index contributed by atoms with van der Waals surface area (Å²) in [4.78, 5) is 3.22. The molecule has 1 rings (SSSR count). The molecular formula is C8H7ClF3NO. The summed E-state index contributed by atoms with van der Waals surface area (Å²) in [6, 6.07) is 0.881. The molecule has 0 unspecified atom stereocenters. The first-order chi connectivity index (χ1) is 6.49. The van der Waals surface area contributed by atoms with Gasteiger partial charge in [0.05, 0.1) is 19.2 Å². The molecule has 0 aliphatic carbocycles. The average molecular weight is 226 g/mol. The van der Waals surface area contributed by atoms with E-state index in [1.54, 1.807) is 0 Å². The summed E-state index contributed by atoms with van der Waals surface area (Å²) in [6.45, 7) is 0. The lowest BCUT2D eigenvalue weighted by atomic mass is 10.2. The SMILES string of the molecule is COc1cnc(C(F)(F)F)cc1CCl. The van der Waals surface area contributed by atoms with Crippen LogP contribution in [0.1, 0.15) is 11.3 Å². The lowest BCUT2D eigenvalue weighted by Crippen LogP contribution is -2.08. The summed E-state index contributed by atoms with van der Waals surface area (Å²) in [5.41, 5.74) is -0.689. The second-order valence-corrected chi connectivity index (χ2v) is 2.78. The zero-order valence-electron chi connectivity index (χ0n) is 7.23. The van der Waals surface area contributed by atoms with Crippen LogP contribution < -0.4 is 4.74 Å². The van der Waals surface area contributed by atoms with Crippen LogP contribution >= 0.6 is 11.6 Å². The highest BCUT2D eigenvalue weighted by molar-refractivity contribution is 6.17. The van der Waals surface area contributed by atoms with Crippen molar-refractivity contribution in [1.82, 2.24) is 4.98 Å². The van der Waals surface area contributed by atoms with Gasteiger partial charge in [0.25, 0.3) is 0 Å². The fourth-order valence-corrected chi connectivity index (χ4v) is 1.14. The standard InChI is InChI=1S/C8H7ClF3NO/c1-14-6-4-13-7(8(10,11)12)2-5(6)3-9/h2,4H,3H2,1H3. The van der Waals surface area contributed by atoms with Gasteiger partial charge in [-0.15, -0.1) is 11.6 Å². The van der Waals surface area contributed by atoms with Gasteiger partial charge in [-0.05, 0) is 6.07 Å². The van der Waals surface area contributed by atoms with E-state index in [-0.39, 0.29) is 17.2 Å². The molecule has 1 heterocycles. The van der Waals surface area contributed by atoms with Gasteiger partial charge in [0.2, 0.25) is 0 Å². The number of halogens is 4. The Bertz CT molecular complexity index is 327. The number of alkyl halides is 4. The lowest BCUT2D eigenvalue weighted by Gasteiger charge is -2.09. The van der Waals surface area contributed by atoms with E-state index in [9.17, 15) is 13.2 Å². The number of hydrogen-bond acceptors (Lipinski definition) is 2. The van der Waals surface area contributed by atoms with Gasteiger partial charge in [0.15, 0.2) is 0 Å². The number of rotatable bonds is 2. The number of aromatic nitrogens is 1. The molecule has 6 heteroatoms. The largest absolute Gasteiger partial charge is 0.495 e. The van der Waals surface area contributed by atoms with Gasteiger partial charge < -0.3 is 4.74 Å². The summed E-state index contributed by atoms with van der Waals surface area (Å²) >= 11 is 5.46. The third kappa shape index (κ3) is 2.29. The van der Waals surface area contributed by atoms with Crippen molar-refractivity contribution in [2.75, 3.05) is 7.11 Å². The maximum atomic E-state index is 12.2. The molecule has 0 N–H and O–H groups in total. The molecule has 14 heavy (non-hydrogen) atoms. The minimum absolute atomic E-state index is 0.0469. The van der Waals surface area contributed by atoms with Crippen LogP contribution in [-0.4, -0.2) is 12.1 Å². The molecule has 0 saturated carbocycles. The van der Waals surface area contributed by atoms with E-state index in [0.29, 0.717) is 0 Å². The van der Waals surface area contributed by atoms with Crippen molar-refractivity contribution in [2.45, 2.75) is 12.1 Å². The van der Waals surface area contributed by atoms with Crippen LogP contribution in [0, 0.1) is 0 Å². The van der Waals surface area contributed by atoms with E-state index in [1.807, 2.05) is 0 Å². The van der Waals surface area contributed by atoms with E-state index in [2.05, 4.69) is 4.98 Å². The van der Waals surface area contributed by atoms with Crippen LogP contribution in [0.3, 0.4) is 0 Å². The second-order valence-electron chi connectivity index (χ2n) is 2.51. The molecular weight excluding hydrogens is 219 g/mol. The lowest BCUT2D eigenvalue weighted by molar-refractivity contribution is -0.141. The number of nitrogens with zero attached hydrogens (tertiary/aromatic N) is 1. The minimum atomic E-state index is -4.45. The van der Waals surface area contributed by atoms with Crippen LogP contribution in [0.25, 0.3) is 0 Å². The fourth-order valence-electron chi connectivity index (χ4n) is 0.928. The number of methoxy groups -OCH3 is 1. The van der Waals surface area contributed by atoms with Crippen molar-refractivity contribution in [1.29, 1.82) is 0 Å². The Labute approximate surface area is 83.7 Å². The van der Waals surface area contributed by atoms with Gasteiger partial charge >= 0.3 is 6.18 Å². The van der Waals surface area contributed by atoms with Crippen molar-refractivity contribution in [3.05, 3.63) is 23.5 Å². The second kappa shape index (κ2) is 4.04. The number of hydrogen-bond donors (Lipinski definition) is 0. The summed E-state index contributed by atoms with van der Waals surface area (Å²) < 4.78 is 41.4. The maximum Gasteiger partial charge on any atom is 0.433 e. The average Bonchev–Trinajstić information content (AvgIpc) is 2.15. The molecule has 0 bridgehead atoms. The molecule has 0 atom stereocenters. The van der Waals surface area contributed by atoms with Crippen molar-refractivity contribution >= 4 is 11.6 Å². The van der Waals surface area contributed by atoms with Crippen molar-refractivity contribution in [3.63, 3.8) is 0 Å². The maximum absolute atomic E-state index is 12.2. The molecule has 0 aliphatic rings. The monoisotopic (exact) mass is 225 g/mol. The topological polar surface area (TPSA) is 22.1 Å². The number of ether oxygens (including phenoxy) is 1. The minimum Gasteiger partial charge on any atom is -0.495 e. The Morgan fingerprint density at radius 3 is 2.57 bits per heavy atom. The summed E-state index contributed by atoms with van der Waals surface area (Å²) in [5.74, 6) is 0.211. The van der Waals surface area contributed by atoms with Gasteiger partial charge in [-0.3, -0.25) is 0 Å². The Morgan fingerprint density at radius 1 is 1.50 bits per heavy atom. The summed E-state index contributed by atoms with van der Waals surface area (Å²) in [6.07, 6.45) is -3.44. The third-order valence-corrected chi connectivity index (χ3v) is 1.89. The van der Waals surface area contributed by atoms with Crippen molar-refractivity contribution in [3.8, 4) is 5.75 Å². The molecule has 0 aromatic carbocycles. The molecule has 0 spiro atoms. The van der Waals surface area contributed by atoms with Gasteiger partial charge in [0.1, 0.15) is 11.4 Å². The molecule has 1 aromatic rings. The fraction of sp³-hybridized carbons (Fsp3) is 0.375. The van der Waals surface area contributed by atoms with E-state index in [1.165, 1.54) is 7.11 Å². The molecule has 1 aromatic heterocycles. The van der Waals surface area contributed by atoms with Crippen LogP contribution in [-0.2, 0) is 12.1 Å². The quantitative estimate of drug-likeness (QED) is 0.722. The predicted octanol–water partition coefficient (Wildman–Crippen LogP) is 2.85. The zero-order chi connectivity index (χ0) is 10.8. The normalized spacial score (nSPS) is 11.5. The zero-order valence-corrected chi connectivity index (χ0v) is 7.99. The van der Waals surface area contributed by atoms with Gasteiger partial charge in [-0.2, -0.15) is 13.2 Å². The Morgan fingerprint density at radius 2 is 2.14 bits per heavy atom. The Balaban J connectivity index is 3.14. The molecule has 0 saturated heterocycles. The summed E-state index contributed by atoms with van der Waals surface area (Å²) in [5, 5.41) is 0. The van der Waals surface area contributed by atoms with Crippen LogP contribution in [0.15, 0.2) is 12.3 Å². The molecule has 78 valence electrons. The summed E-state index contributed by atoms with van der Waals surface area (Å²) in [7, 11) is 1.35. The molecule has 2 nitrogen and oxygen atoms in total. The Hall–Kier alpha value is -0.970. The van der Waals surface area contributed by atoms with E-state index >= 15 is 0 Å². The van der Waals surface area contributed by atoms with Crippen molar-refractivity contribution in [2.24, 2.45) is 0 Å². The van der Waals surface area contributed by atoms with E-state index in [4.69, 9.17) is 16.3 Å². The highest BCUT2D eigenvalue weighted by atomic mass is 35.5. The predicted molar refractivity (Wildman–Crippen MR) is 45.3 cm³/mol. The molecule has 0 fully saturated rings. The molecule has 0 radical (unpaired) electrons. The van der Waals surface area contributed by atoms with Gasteiger partial charge in [0, 0.05) is 5.56 Å².